The number of aromatic nitrogens is 3. The average molecular weight is 222 g/mol. The Morgan fingerprint density at radius 3 is 3.00 bits per heavy atom. The fraction of sp³-hybridized carbons (Fsp3) is 0.400. The van der Waals surface area contributed by atoms with E-state index in [9.17, 15) is 0 Å². The molecule has 5 heteroatoms. The molecule has 0 aromatic carbocycles. The summed E-state index contributed by atoms with van der Waals surface area (Å²) in [5.41, 5.74) is 1.15. The molecule has 2 heterocycles. The van der Waals surface area contributed by atoms with Crippen LogP contribution in [0, 0.1) is 0 Å². The van der Waals surface area contributed by atoms with E-state index in [-0.39, 0.29) is 6.04 Å². The maximum absolute atomic E-state index is 4.35. The zero-order valence-electron chi connectivity index (χ0n) is 8.84. The second kappa shape index (κ2) is 4.55. The van der Waals surface area contributed by atoms with Crippen molar-refractivity contribution in [1.82, 2.24) is 19.9 Å². The van der Waals surface area contributed by atoms with E-state index in [1.165, 1.54) is 0 Å². The molecule has 4 nitrogen and oxygen atoms in total. The molecule has 0 aliphatic rings. The Hall–Kier alpha value is -1.20. The quantitative estimate of drug-likeness (QED) is 0.854. The topological polar surface area (TPSA) is 42.7 Å². The Labute approximate surface area is 93.0 Å². The van der Waals surface area contributed by atoms with Crippen LogP contribution in [0.15, 0.2) is 24.1 Å². The number of rotatable bonds is 4. The van der Waals surface area contributed by atoms with Crippen molar-refractivity contribution >= 4 is 11.3 Å². The zero-order chi connectivity index (χ0) is 10.7. The summed E-state index contributed by atoms with van der Waals surface area (Å²) < 4.78 is 2.02. The van der Waals surface area contributed by atoms with Gasteiger partial charge in [0.15, 0.2) is 0 Å². The fourth-order valence-electron chi connectivity index (χ4n) is 1.55. The minimum atomic E-state index is 0.155. The van der Waals surface area contributed by atoms with E-state index in [1.54, 1.807) is 11.3 Å². The third-order valence-electron chi connectivity index (χ3n) is 2.26. The molecule has 0 radical (unpaired) electrons. The molecule has 0 saturated carbocycles. The molecule has 0 amide bonds. The van der Waals surface area contributed by atoms with Crippen LogP contribution in [-0.4, -0.2) is 21.1 Å². The number of hydrogen-bond donors (Lipinski definition) is 1. The van der Waals surface area contributed by atoms with Crippen LogP contribution < -0.4 is 5.32 Å². The summed E-state index contributed by atoms with van der Waals surface area (Å²) in [6.07, 6.45) is 5.53. The van der Waals surface area contributed by atoms with Crippen molar-refractivity contribution < 1.29 is 0 Å². The molecule has 0 spiro atoms. The molecule has 1 unspecified atom stereocenters. The van der Waals surface area contributed by atoms with E-state index in [2.05, 4.69) is 22.2 Å². The molecule has 0 saturated heterocycles. The van der Waals surface area contributed by atoms with E-state index in [1.807, 2.05) is 35.7 Å². The Morgan fingerprint density at radius 1 is 1.60 bits per heavy atom. The Balaban J connectivity index is 2.32. The second-order valence-corrected chi connectivity index (χ2v) is 4.22. The smallest absolute Gasteiger partial charge is 0.116 e. The van der Waals surface area contributed by atoms with Crippen LogP contribution in [0.2, 0.25) is 0 Å². The molecular weight excluding hydrogens is 208 g/mol. The summed E-state index contributed by atoms with van der Waals surface area (Å²) in [7, 11) is 2.00. The number of nitrogens with zero attached hydrogens (tertiary/aromatic N) is 3. The molecule has 1 atom stereocenters. The van der Waals surface area contributed by atoms with Gasteiger partial charge in [0.25, 0.3) is 0 Å². The maximum atomic E-state index is 4.35. The molecule has 1 N–H and O–H groups in total. The van der Waals surface area contributed by atoms with E-state index in [0.29, 0.717) is 0 Å². The molecule has 2 aromatic heterocycles. The van der Waals surface area contributed by atoms with Crippen LogP contribution in [0.25, 0.3) is 0 Å². The van der Waals surface area contributed by atoms with Crippen molar-refractivity contribution in [3.05, 3.63) is 34.8 Å². The highest BCUT2D eigenvalue weighted by molar-refractivity contribution is 7.09. The highest BCUT2D eigenvalue weighted by atomic mass is 32.1. The van der Waals surface area contributed by atoms with E-state index >= 15 is 0 Å². The van der Waals surface area contributed by atoms with Crippen molar-refractivity contribution in [1.29, 1.82) is 0 Å². The van der Waals surface area contributed by atoms with Gasteiger partial charge in [-0.05, 0) is 6.54 Å². The van der Waals surface area contributed by atoms with Crippen LogP contribution in [0.4, 0.5) is 0 Å². The molecule has 2 rings (SSSR count). The summed E-state index contributed by atoms with van der Waals surface area (Å²) in [5, 5.41) is 6.50. The first-order chi connectivity index (χ1) is 7.33. The lowest BCUT2D eigenvalue weighted by Crippen LogP contribution is -2.23. The normalized spacial score (nSPS) is 12.9. The van der Waals surface area contributed by atoms with Crippen molar-refractivity contribution in [2.75, 3.05) is 6.54 Å². The molecule has 80 valence electrons. The van der Waals surface area contributed by atoms with Crippen LogP contribution in [0.1, 0.15) is 23.7 Å². The van der Waals surface area contributed by atoms with Crippen molar-refractivity contribution in [3.8, 4) is 0 Å². The number of imidazole rings is 1. The molecule has 0 bridgehead atoms. The lowest BCUT2D eigenvalue weighted by molar-refractivity contribution is 0.591. The SMILES string of the molecule is CCNC(c1nccs1)c1cncn1C. The fourth-order valence-corrected chi connectivity index (χ4v) is 2.27. The predicted octanol–water partition coefficient (Wildman–Crippen LogP) is 1.58. The van der Waals surface area contributed by atoms with Crippen LogP contribution in [0.3, 0.4) is 0 Å². The van der Waals surface area contributed by atoms with Gasteiger partial charge in [0, 0.05) is 18.6 Å². The third kappa shape index (κ3) is 2.08. The van der Waals surface area contributed by atoms with Crippen LogP contribution in [-0.2, 0) is 7.05 Å². The largest absolute Gasteiger partial charge is 0.336 e. The summed E-state index contributed by atoms with van der Waals surface area (Å²) in [5.74, 6) is 0. The first-order valence-electron chi connectivity index (χ1n) is 4.92. The van der Waals surface area contributed by atoms with E-state index in [4.69, 9.17) is 0 Å². The predicted molar refractivity (Wildman–Crippen MR) is 60.8 cm³/mol. The lowest BCUT2D eigenvalue weighted by atomic mass is 10.2. The Kier molecular flexibility index (Phi) is 3.13. The highest BCUT2D eigenvalue weighted by Crippen LogP contribution is 2.22. The average Bonchev–Trinajstić information content (AvgIpc) is 2.85. The van der Waals surface area contributed by atoms with Gasteiger partial charge in [-0.3, -0.25) is 0 Å². The molecule has 0 aliphatic carbocycles. The summed E-state index contributed by atoms with van der Waals surface area (Å²) >= 11 is 1.66. The van der Waals surface area contributed by atoms with Crippen LogP contribution >= 0.6 is 11.3 Å². The van der Waals surface area contributed by atoms with Gasteiger partial charge in [0.05, 0.1) is 18.2 Å². The Bertz CT molecular complexity index is 407. The number of thiazole rings is 1. The standard InChI is InChI=1S/C10H14N4S/c1-3-12-9(10-13-4-5-15-10)8-6-11-7-14(8)2/h4-7,9,12H,3H2,1-2H3. The van der Waals surface area contributed by atoms with Gasteiger partial charge in [-0.2, -0.15) is 0 Å². The zero-order valence-corrected chi connectivity index (χ0v) is 9.66. The minimum Gasteiger partial charge on any atom is -0.336 e. The first-order valence-corrected chi connectivity index (χ1v) is 5.80. The van der Waals surface area contributed by atoms with Gasteiger partial charge >= 0.3 is 0 Å². The number of hydrogen-bond acceptors (Lipinski definition) is 4. The van der Waals surface area contributed by atoms with Gasteiger partial charge in [-0.25, -0.2) is 9.97 Å². The maximum Gasteiger partial charge on any atom is 0.116 e. The number of nitrogens with one attached hydrogen (secondary N) is 1. The van der Waals surface area contributed by atoms with E-state index < -0.39 is 0 Å². The van der Waals surface area contributed by atoms with Gasteiger partial charge in [0.2, 0.25) is 0 Å². The summed E-state index contributed by atoms with van der Waals surface area (Å²) in [4.78, 5) is 8.48. The summed E-state index contributed by atoms with van der Waals surface area (Å²) in [6.45, 7) is 3.01. The van der Waals surface area contributed by atoms with Crippen molar-refractivity contribution in [3.63, 3.8) is 0 Å². The van der Waals surface area contributed by atoms with Gasteiger partial charge < -0.3 is 9.88 Å². The molecule has 15 heavy (non-hydrogen) atoms. The van der Waals surface area contributed by atoms with E-state index in [0.717, 1.165) is 17.2 Å². The number of aryl methyl sites for hydroxylation is 1. The molecule has 2 aromatic rings. The van der Waals surface area contributed by atoms with Gasteiger partial charge in [-0.1, -0.05) is 6.92 Å². The lowest BCUT2D eigenvalue weighted by Gasteiger charge is -2.15. The molecule has 0 aliphatic heterocycles. The van der Waals surface area contributed by atoms with Crippen molar-refractivity contribution in [2.45, 2.75) is 13.0 Å². The minimum absolute atomic E-state index is 0.155. The van der Waals surface area contributed by atoms with Crippen LogP contribution in [0.5, 0.6) is 0 Å². The molecule has 0 fully saturated rings. The van der Waals surface area contributed by atoms with Crippen molar-refractivity contribution in [2.24, 2.45) is 7.05 Å². The highest BCUT2D eigenvalue weighted by Gasteiger charge is 2.17. The third-order valence-corrected chi connectivity index (χ3v) is 3.10. The van der Waals surface area contributed by atoms with Gasteiger partial charge in [-0.15, -0.1) is 11.3 Å². The monoisotopic (exact) mass is 222 g/mol. The second-order valence-electron chi connectivity index (χ2n) is 3.29. The van der Waals surface area contributed by atoms with Gasteiger partial charge in [0.1, 0.15) is 11.0 Å². The first kappa shape index (κ1) is 10.3. The summed E-state index contributed by atoms with van der Waals surface area (Å²) in [6, 6.07) is 0.155. The molecular formula is C10H14N4S. The Morgan fingerprint density at radius 2 is 2.47 bits per heavy atom.